The molecule has 0 saturated carbocycles. The Kier molecular flexibility index (Phi) is 3.16. The molecule has 2 heteroatoms. The predicted molar refractivity (Wildman–Crippen MR) is 60.3 cm³/mol. The second kappa shape index (κ2) is 4.04. The first-order chi connectivity index (χ1) is 6.89. The van der Waals surface area contributed by atoms with E-state index < -0.39 is 11.5 Å². The number of rotatable bonds is 2. The maximum Gasteiger partial charge on any atom is 0.102 e. The van der Waals surface area contributed by atoms with Gasteiger partial charge >= 0.3 is 0 Å². The van der Waals surface area contributed by atoms with Crippen LogP contribution in [0.1, 0.15) is 30.5 Å². The van der Waals surface area contributed by atoms with Gasteiger partial charge in [-0.3, -0.25) is 0 Å². The number of nitrogens with zero attached hydrogens (tertiary/aromatic N) is 1. The fourth-order valence-electron chi connectivity index (χ4n) is 1.43. The van der Waals surface area contributed by atoms with Crippen molar-refractivity contribution < 1.29 is 5.11 Å². The summed E-state index contributed by atoms with van der Waals surface area (Å²) in [6.07, 6.45) is 0. The van der Waals surface area contributed by atoms with Crippen molar-refractivity contribution >= 4 is 0 Å². The zero-order chi connectivity index (χ0) is 11.6. The topological polar surface area (TPSA) is 44.0 Å². The van der Waals surface area contributed by atoms with Gasteiger partial charge in [-0.1, -0.05) is 18.2 Å². The summed E-state index contributed by atoms with van der Waals surface area (Å²) in [6, 6.07) is 7.90. The molecule has 0 aliphatic carbocycles. The van der Waals surface area contributed by atoms with E-state index in [-0.39, 0.29) is 0 Å². The lowest BCUT2D eigenvalue weighted by Gasteiger charge is -2.26. The molecule has 0 aromatic heterocycles. The lowest BCUT2D eigenvalue weighted by Crippen LogP contribution is -2.29. The molecule has 0 amide bonds. The van der Waals surface area contributed by atoms with Gasteiger partial charge in [-0.15, -0.1) is 0 Å². The first-order valence-corrected chi connectivity index (χ1v) is 5.09. The minimum Gasteiger partial charge on any atom is -0.384 e. The summed E-state index contributed by atoms with van der Waals surface area (Å²) < 4.78 is 0. The lowest BCUT2D eigenvalue weighted by molar-refractivity contribution is 0.0232. The molecule has 0 fully saturated rings. The summed E-state index contributed by atoms with van der Waals surface area (Å²) in [5.41, 5.74) is 2.06. The van der Waals surface area contributed by atoms with Crippen LogP contribution in [0.2, 0.25) is 0 Å². The van der Waals surface area contributed by atoms with Gasteiger partial charge in [0.1, 0.15) is 5.60 Å². The molecule has 2 nitrogen and oxygen atoms in total. The van der Waals surface area contributed by atoms with Crippen LogP contribution in [0.25, 0.3) is 0 Å². The second-order valence-electron chi connectivity index (χ2n) is 4.30. The van der Waals surface area contributed by atoms with Gasteiger partial charge < -0.3 is 5.11 Å². The third-order valence-corrected chi connectivity index (χ3v) is 3.13. The molecule has 0 heterocycles. The molecule has 0 aliphatic rings. The van der Waals surface area contributed by atoms with Crippen LogP contribution in [0, 0.1) is 31.1 Å². The third kappa shape index (κ3) is 2.19. The molecule has 0 saturated heterocycles. The zero-order valence-corrected chi connectivity index (χ0v) is 9.70. The van der Waals surface area contributed by atoms with Crippen molar-refractivity contribution in [3.05, 3.63) is 34.9 Å². The largest absolute Gasteiger partial charge is 0.384 e. The quantitative estimate of drug-likeness (QED) is 0.803. The SMILES string of the molecule is Cc1ccc(C(C)(O)C(C)C#N)cc1C. The van der Waals surface area contributed by atoms with Crippen LogP contribution in [0.5, 0.6) is 0 Å². The van der Waals surface area contributed by atoms with Crippen molar-refractivity contribution in [3.8, 4) is 6.07 Å². The van der Waals surface area contributed by atoms with E-state index in [0.717, 1.165) is 11.1 Å². The minimum absolute atomic E-state index is 0.417. The monoisotopic (exact) mass is 203 g/mol. The summed E-state index contributed by atoms with van der Waals surface area (Å²) in [7, 11) is 0. The van der Waals surface area contributed by atoms with E-state index in [2.05, 4.69) is 6.07 Å². The van der Waals surface area contributed by atoms with Crippen molar-refractivity contribution in [2.24, 2.45) is 5.92 Å². The summed E-state index contributed by atoms with van der Waals surface area (Å²) in [6.45, 7) is 7.45. The van der Waals surface area contributed by atoms with Gasteiger partial charge in [0.05, 0.1) is 12.0 Å². The van der Waals surface area contributed by atoms with Crippen molar-refractivity contribution in [1.29, 1.82) is 5.26 Å². The summed E-state index contributed by atoms with van der Waals surface area (Å²) in [5, 5.41) is 19.1. The van der Waals surface area contributed by atoms with Crippen LogP contribution in [0.3, 0.4) is 0 Å². The molecule has 0 aliphatic heterocycles. The second-order valence-corrected chi connectivity index (χ2v) is 4.30. The maximum atomic E-state index is 10.2. The van der Waals surface area contributed by atoms with Crippen molar-refractivity contribution in [2.45, 2.75) is 33.3 Å². The van der Waals surface area contributed by atoms with Crippen LogP contribution in [0.4, 0.5) is 0 Å². The van der Waals surface area contributed by atoms with Crippen LogP contribution in [-0.4, -0.2) is 5.11 Å². The lowest BCUT2D eigenvalue weighted by atomic mass is 9.84. The van der Waals surface area contributed by atoms with Crippen molar-refractivity contribution in [1.82, 2.24) is 0 Å². The molecule has 80 valence electrons. The number of aliphatic hydroxyl groups is 1. The molecule has 0 bridgehead atoms. The average Bonchev–Trinajstić information content (AvgIpc) is 2.20. The fourth-order valence-corrected chi connectivity index (χ4v) is 1.43. The van der Waals surface area contributed by atoms with Gasteiger partial charge in [-0.2, -0.15) is 5.26 Å². The minimum atomic E-state index is -1.08. The van der Waals surface area contributed by atoms with E-state index in [9.17, 15) is 5.11 Å². The Morgan fingerprint density at radius 3 is 2.40 bits per heavy atom. The molecule has 2 atom stereocenters. The molecule has 0 spiro atoms. The first-order valence-electron chi connectivity index (χ1n) is 5.09. The number of aryl methyl sites for hydroxylation is 2. The van der Waals surface area contributed by atoms with Gasteiger partial charge in [-0.25, -0.2) is 0 Å². The summed E-state index contributed by atoms with van der Waals surface area (Å²) >= 11 is 0. The molecule has 1 rings (SSSR count). The maximum absolute atomic E-state index is 10.2. The molecule has 0 radical (unpaired) electrons. The number of hydrogen-bond donors (Lipinski definition) is 1. The Labute approximate surface area is 91.2 Å². The summed E-state index contributed by atoms with van der Waals surface area (Å²) in [5.74, 6) is -0.417. The number of nitriles is 1. The zero-order valence-electron chi connectivity index (χ0n) is 9.70. The highest BCUT2D eigenvalue weighted by atomic mass is 16.3. The van der Waals surface area contributed by atoms with Crippen LogP contribution >= 0.6 is 0 Å². The third-order valence-electron chi connectivity index (χ3n) is 3.13. The Morgan fingerprint density at radius 1 is 1.33 bits per heavy atom. The molecule has 2 unspecified atom stereocenters. The predicted octanol–water partition coefficient (Wildman–Crippen LogP) is 2.67. The van der Waals surface area contributed by atoms with Gasteiger partial charge in [-0.05, 0) is 44.4 Å². The highest BCUT2D eigenvalue weighted by Crippen LogP contribution is 2.29. The highest BCUT2D eigenvalue weighted by molar-refractivity contribution is 5.33. The molecular weight excluding hydrogens is 186 g/mol. The normalized spacial score (nSPS) is 16.5. The standard InChI is InChI=1S/C13H17NO/c1-9-5-6-12(7-10(9)2)13(4,15)11(3)8-14/h5-7,11,15H,1-4H3. The first kappa shape index (κ1) is 11.7. The van der Waals surface area contributed by atoms with Crippen LogP contribution in [0.15, 0.2) is 18.2 Å². The van der Waals surface area contributed by atoms with Gasteiger partial charge in [0.2, 0.25) is 0 Å². The van der Waals surface area contributed by atoms with E-state index >= 15 is 0 Å². The molecule has 1 aromatic rings. The molecular formula is C13H17NO. The van der Waals surface area contributed by atoms with Gasteiger partial charge in [0.15, 0.2) is 0 Å². The Bertz CT molecular complexity index is 401. The van der Waals surface area contributed by atoms with E-state index in [1.54, 1.807) is 13.8 Å². The molecule has 1 N–H and O–H groups in total. The number of benzene rings is 1. The van der Waals surface area contributed by atoms with Crippen molar-refractivity contribution in [2.75, 3.05) is 0 Å². The Balaban J connectivity index is 3.17. The van der Waals surface area contributed by atoms with E-state index in [1.165, 1.54) is 5.56 Å². The van der Waals surface area contributed by atoms with Crippen LogP contribution in [-0.2, 0) is 5.60 Å². The average molecular weight is 203 g/mol. The number of hydrogen-bond acceptors (Lipinski definition) is 2. The summed E-state index contributed by atoms with van der Waals surface area (Å²) in [4.78, 5) is 0. The van der Waals surface area contributed by atoms with E-state index in [1.807, 2.05) is 32.0 Å². The van der Waals surface area contributed by atoms with E-state index in [0.29, 0.717) is 0 Å². The van der Waals surface area contributed by atoms with Crippen molar-refractivity contribution in [3.63, 3.8) is 0 Å². The van der Waals surface area contributed by atoms with Gasteiger partial charge in [0.25, 0.3) is 0 Å². The van der Waals surface area contributed by atoms with Gasteiger partial charge in [0, 0.05) is 0 Å². The Morgan fingerprint density at radius 2 is 1.93 bits per heavy atom. The van der Waals surface area contributed by atoms with Crippen LogP contribution < -0.4 is 0 Å². The molecule has 1 aromatic carbocycles. The van der Waals surface area contributed by atoms with E-state index in [4.69, 9.17) is 5.26 Å². The Hall–Kier alpha value is -1.33. The fraction of sp³-hybridized carbons (Fsp3) is 0.462. The highest BCUT2D eigenvalue weighted by Gasteiger charge is 2.30. The smallest absolute Gasteiger partial charge is 0.102 e. The molecule has 15 heavy (non-hydrogen) atoms.